The van der Waals surface area contributed by atoms with Crippen molar-refractivity contribution in [3.8, 4) is 0 Å². The molecule has 0 fully saturated rings. The third kappa shape index (κ3) is 6.79. The SMILES string of the molecule is Cl.Cl.N=C(N)c1ccc(CNC(=O)c2cccc3ccc(C(N)(C(=O)O)S(=O)(=O)c4cc(Cl)ccc4Cl)cc23)cc1.O. The maximum Gasteiger partial charge on any atom is 0.344 e. The molecule has 0 aromatic heterocycles. The van der Waals surface area contributed by atoms with E-state index in [-0.39, 0.29) is 63.8 Å². The molecular weight excluding hydrogens is 650 g/mol. The number of benzene rings is 4. The van der Waals surface area contributed by atoms with Crippen molar-refractivity contribution in [2.45, 2.75) is 16.3 Å². The summed E-state index contributed by atoms with van der Waals surface area (Å²) in [5, 5.41) is 21.0. The molecule has 0 aliphatic heterocycles. The molecule has 4 aromatic rings. The predicted molar refractivity (Wildman–Crippen MR) is 168 cm³/mol. The Labute approximate surface area is 263 Å². The van der Waals surface area contributed by atoms with Gasteiger partial charge in [0.05, 0.1) is 9.92 Å². The Hall–Kier alpha value is -3.42. The summed E-state index contributed by atoms with van der Waals surface area (Å²) in [5.74, 6) is -2.39. The number of hydrogen-bond acceptors (Lipinski definition) is 6. The van der Waals surface area contributed by atoms with Crippen molar-refractivity contribution in [1.82, 2.24) is 5.32 Å². The highest BCUT2D eigenvalue weighted by molar-refractivity contribution is 7.93. The number of amides is 1. The average molecular weight is 676 g/mol. The van der Waals surface area contributed by atoms with Crippen LogP contribution < -0.4 is 16.8 Å². The molecule has 4 aromatic carbocycles. The first-order valence-electron chi connectivity index (χ1n) is 11.3. The number of amidine groups is 1. The fraction of sp³-hybridized carbons (Fsp3) is 0.0741. The van der Waals surface area contributed by atoms with Gasteiger partial charge in [-0.1, -0.05) is 71.7 Å². The van der Waals surface area contributed by atoms with E-state index in [1.807, 2.05) is 0 Å². The van der Waals surface area contributed by atoms with Crippen LogP contribution in [0.3, 0.4) is 0 Å². The molecule has 10 nitrogen and oxygen atoms in total. The van der Waals surface area contributed by atoms with Gasteiger partial charge in [0.25, 0.3) is 5.91 Å². The molecule has 1 unspecified atom stereocenters. The molecule has 0 aliphatic rings. The van der Waals surface area contributed by atoms with Crippen molar-refractivity contribution >= 4 is 86.3 Å². The lowest BCUT2D eigenvalue weighted by atomic mass is 9.98. The minimum absolute atomic E-state index is 0. The van der Waals surface area contributed by atoms with Gasteiger partial charge in [-0.05, 0) is 52.2 Å². The first-order valence-corrected chi connectivity index (χ1v) is 13.6. The molecule has 9 N–H and O–H groups in total. The smallest absolute Gasteiger partial charge is 0.344 e. The summed E-state index contributed by atoms with van der Waals surface area (Å²) in [5.41, 5.74) is 12.8. The zero-order chi connectivity index (χ0) is 28.5. The van der Waals surface area contributed by atoms with Crippen molar-refractivity contribution < 1.29 is 28.6 Å². The molecule has 224 valence electrons. The number of carboxylic acids is 1. The molecular formula is C27H26Cl4N4O6S. The number of carbonyl (C=O) groups excluding carboxylic acids is 1. The highest BCUT2D eigenvalue weighted by atomic mass is 35.5. The van der Waals surface area contributed by atoms with Gasteiger partial charge < -0.3 is 21.6 Å². The van der Waals surface area contributed by atoms with Crippen LogP contribution in [0.25, 0.3) is 10.8 Å². The topological polar surface area (TPSA) is 208 Å². The van der Waals surface area contributed by atoms with E-state index in [4.69, 9.17) is 40.1 Å². The van der Waals surface area contributed by atoms with Crippen LogP contribution in [0.4, 0.5) is 0 Å². The molecule has 1 atom stereocenters. The lowest BCUT2D eigenvalue weighted by Gasteiger charge is -2.26. The Bertz CT molecular complexity index is 1750. The molecule has 0 saturated heterocycles. The minimum atomic E-state index is -4.83. The molecule has 0 spiro atoms. The van der Waals surface area contributed by atoms with E-state index in [9.17, 15) is 23.1 Å². The van der Waals surface area contributed by atoms with Gasteiger partial charge in [-0.15, -0.1) is 24.8 Å². The standard InChI is InChI=1S/C27H22Cl2N4O5S.2ClH.H2O/c28-19-10-11-22(29)23(13-19)39(37,38)27(32,26(35)36)18-9-8-16-2-1-3-20(21(16)12-18)25(34)33-14-15-4-6-17(7-5-15)24(30)31;;;/h1-13H,14,32H2,(H3,30,31)(H,33,34)(H,35,36);2*1H;1H2. The van der Waals surface area contributed by atoms with E-state index in [1.165, 1.54) is 36.4 Å². The van der Waals surface area contributed by atoms with E-state index in [1.54, 1.807) is 36.4 Å². The summed E-state index contributed by atoms with van der Waals surface area (Å²) in [4.78, 5) is 22.1. The lowest BCUT2D eigenvalue weighted by molar-refractivity contribution is -0.140. The number of carboxylic acid groups (broad SMARTS) is 1. The zero-order valence-electron chi connectivity index (χ0n) is 21.4. The van der Waals surface area contributed by atoms with Crippen LogP contribution in [-0.4, -0.2) is 36.7 Å². The monoisotopic (exact) mass is 674 g/mol. The van der Waals surface area contributed by atoms with Crippen LogP contribution in [0.1, 0.15) is 27.0 Å². The molecule has 1 amide bonds. The highest BCUT2D eigenvalue weighted by Gasteiger charge is 2.51. The Morgan fingerprint density at radius 2 is 1.60 bits per heavy atom. The molecule has 0 aliphatic carbocycles. The summed E-state index contributed by atoms with van der Waals surface area (Å²) in [7, 11) is -4.83. The average Bonchev–Trinajstić information content (AvgIpc) is 2.91. The van der Waals surface area contributed by atoms with Crippen molar-refractivity contribution in [3.63, 3.8) is 0 Å². The Kier molecular flexibility index (Phi) is 12.3. The maximum atomic E-state index is 13.6. The second-order valence-corrected chi connectivity index (χ2v) is 11.6. The maximum absolute atomic E-state index is 13.6. The van der Waals surface area contributed by atoms with E-state index in [0.717, 1.165) is 11.6 Å². The first-order chi connectivity index (χ1) is 18.4. The third-order valence-corrected chi connectivity index (χ3v) is 9.05. The number of aliphatic carboxylic acids is 1. The number of nitrogens with one attached hydrogen (secondary N) is 2. The number of carbonyl (C=O) groups is 2. The van der Waals surface area contributed by atoms with Crippen molar-refractivity contribution in [2.75, 3.05) is 0 Å². The normalized spacial score (nSPS) is 12.1. The van der Waals surface area contributed by atoms with Gasteiger partial charge in [0.2, 0.25) is 14.7 Å². The van der Waals surface area contributed by atoms with Crippen LogP contribution in [0, 0.1) is 5.41 Å². The van der Waals surface area contributed by atoms with Gasteiger partial charge in [0, 0.05) is 22.7 Å². The highest BCUT2D eigenvalue weighted by Crippen LogP contribution is 2.37. The molecule has 0 heterocycles. The van der Waals surface area contributed by atoms with Gasteiger partial charge in [0.15, 0.2) is 0 Å². The van der Waals surface area contributed by atoms with Crippen LogP contribution in [0.5, 0.6) is 0 Å². The molecule has 15 heteroatoms. The number of nitrogens with two attached hydrogens (primary N) is 2. The zero-order valence-corrected chi connectivity index (χ0v) is 25.4. The van der Waals surface area contributed by atoms with E-state index in [2.05, 4.69) is 5.32 Å². The quantitative estimate of drug-likeness (QED) is 0.137. The molecule has 0 radical (unpaired) electrons. The van der Waals surface area contributed by atoms with Gasteiger partial charge in [0.1, 0.15) is 5.84 Å². The van der Waals surface area contributed by atoms with Crippen LogP contribution >= 0.6 is 48.0 Å². The van der Waals surface area contributed by atoms with E-state index < -0.39 is 31.5 Å². The van der Waals surface area contributed by atoms with E-state index >= 15 is 0 Å². The second-order valence-electron chi connectivity index (χ2n) is 8.65. The van der Waals surface area contributed by atoms with Crippen LogP contribution in [0.2, 0.25) is 10.0 Å². The van der Waals surface area contributed by atoms with Gasteiger partial charge in [-0.2, -0.15) is 0 Å². The number of nitrogen functional groups attached to an aromatic ring is 1. The lowest BCUT2D eigenvalue weighted by Crippen LogP contribution is -2.51. The number of halogens is 4. The van der Waals surface area contributed by atoms with Crippen LogP contribution in [0.15, 0.2) is 83.8 Å². The first kappa shape index (κ1) is 36.6. The van der Waals surface area contributed by atoms with Crippen molar-refractivity contribution in [2.24, 2.45) is 11.5 Å². The summed E-state index contributed by atoms with van der Waals surface area (Å²) >= 11 is 12.1. The molecule has 42 heavy (non-hydrogen) atoms. The fourth-order valence-electron chi connectivity index (χ4n) is 4.03. The van der Waals surface area contributed by atoms with Crippen molar-refractivity contribution in [3.05, 3.63) is 111 Å². The number of hydrogen-bond donors (Lipinski definition) is 5. The van der Waals surface area contributed by atoms with Gasteiger partial charge in [-0.3, -0.25) is 15.9 Å². The summed E-state index contributed by atoms with van der Waals surface area (Å²) in [6, 6.07) is 19.3. The molecule has 4 rings (SSSR count). The summed E-state index contributed by atoms with van der Waals surface area (Å²) in [6.07, 6.45) is 0. The number of rotatable bonds is 8. The third-order valence-electron chi connectivity index (χ3n) is 6.20. The van der Waals surface area contributed by atoms with Gasteiger partial charge >= 0.3 is 5.97 Å². The fourth-order valence-corrected chi connectivity index (χ4v) is 6.31. The molecule has 0 bridgehead atoms. The minimum Gasteiger partial charge on any atom is -0.479 e. The largest absolute Gasteiger partial charge is 0.479 e. The predicted octanol–water partition coefficient (Wildman–Crippen LogP) is 4.05. The Morgan fingerprint density at radius 3 is 2.19 bits per heavy atom. The van der Waals surface area contributed by atoms with E-state index in [0.29, 0.717) is 16.3 Å². The van der Waals surface area contributed by atoms with Crippen LogP contribution in [-0.2, 0) is 26.0 Å². The molecule has 0 saturated carbocycles. The Balaban J connectivity index is 0.00000294. The summed E-state index contributed by atoms with van der Waals surface area (Å²) < 4.78 is 27.2. The number of sulfone groups is 1. The van der Waals surface area contributed by atoms with Gasteiger partial charge in [-0.25, -0.2) is 13.2 Å². The summed E-state index contributed by atoms with van der Waals surface area (Å²) in [6.45, 7) is 0.157. The van der Waals surface area contributed by atoms with Crippen molar-refractivity contribution in [1.29, 1.82) is 5.41 Å². The second kappa shape index (κ2) is 14.2. The number of fused-ring (bicyclic) bond motifs is 1. The Morgan fingerprint density at radius 1 is 0.952 bits per heavy atom.